The van der Waals surface area contributed by atoms with Crippen molar-refractivity contribution in [3.8, 4) is 11.1 Å². The molecule has 0 saturated heterocycles. The molecular weight excluding hydrogens is 463 g/mol. The Labute approximate surface area is 201 Å². The molecule has 5 aromatic carbocycles. The van der Waals surface area contributed by atoms with Gasteiger partial charge in [0.25, 0.3) is 0 Å². The Morgan fingerprint density at radius 3 is 1.97 bits per heavy atom. The molecule has 0 N–H and O–H groups in total. The molecule has 0 amide bonds. The Balaban J connectivity index is 1.53. The van der Waals surface area contributed by atoms with E-state index in [1.165, 1.54) is 54.2 Å². The SMILES string of the molecule is C=C(C[Se]c1ccccc1)c1ccc2ccccc2c1C1c2ccccc2-c2ccccc21. The molecule has 0 nitrogen and oxygen atoms in total. The standard InChI is InChI=1S/C32H24Se/c1-22(21-33-24-12-3-2-4-13-24)25-20-19-23-11-5-6-14-26(23)31(25)32-29-17-9-7-15-27(29)28-16-8-10-18-30(28)32/h2-20,32H,1,21H2. The van der Waals surface area contributed by atoms with E-state index in [2.05, 4.69) is 122 Å². The number of fused-ring (bicyclic) bond motifs is 4. The Morgan fingerprint density at radius 2 is 1.24 bits per heavy atom. The van der Waals surface area contributed by atoms with Crippen LogP contribution < -0.4 is 4.46 Å². The van der Waals surface area contributed by atoms with E-state index < -0.39 is 0 Å². The summed E-state index contributed by atoms with van der Waals surface area (Å²) >= 11 is 0.368. The van der Waals surface area contributed by atoms with Crippen molar-refractivity contribution in [2.45, 2.75) is 11.2 Å². The van der Waals surface area contributed by atoms with E-state index in [0.717, 1.165) is 5.32 Å². The van der Waals surface area contributed by atoms with Gasteiger partial charge in [0.05, 0.1) is 0 Å². The minimum atomic E-state index is 0.222. The summed E-state index contributed by atoms with van der Waals surface area (Å²) in [6.45, 7) is 4.61. The van der Waals surface area contributed by atoms with E-state index in [0.29, 0.717) is 15.0 Å². The molecule has 0 aromatic heterocycles. The molecule has 0 saturated carbocycles. The normalized spacial score (nSPS) is 12.5. The van der Waals surface area contributed by atoms with Gasteiger partial charge in [-0.15, -0.1) is 0 Å². The molecule has 0 fully saturated rings. The predicted molar refractivity (Wildman–Crippen MR) is 142 cm³/mol. The van der Waals surface area contributed by atoms with Gasteiger partial charge in [-0.25, -0.2) is 0 Å². The number of rotatable bonds is 5. The van der Waals surface area contributed by atoms with Crippen LogP contribution in [-0.4, -0.2) is 15.0 Å². The van der Waals surface area contributed by atoms with Crippen LogP contribution in [0.1, 0.15) is 28.2 Å². The van der Waals surface area contributed by atoms with E-state index in [1.807, 2.05) is 0 Å². The van der Waals surface area contributed by atoms with Crippen LogP contribution >= 0.6 is 0 Å². The first-order valence-corrected chi connectivity index (χ1v) is 13.4. The van der Waals surface area contributed by atoms with Gasteiger partial charge in [0.1, 0.15) is 0 Å². The van der Waals surface area contributed by atoms with Gasteiger partial charge >= 0.3 is 202 Å². The molecule has 1 aliphatic rings. The summed E-state index contributed by atoms with van der Waals surface area (Å²) < 4.78 is 1.42. The molecule has 1 heteroatoms. The second-order valence-corrected chi connectivity index (χ2v) is 10.8. The average Bonchev–Trinajstić information content (AvgIpc) is 3.21. The van der Waals surface area contributed by atoms with Crippen molar-refractivity contribution in [2.24, 2.45) is 0 Å². The third kappa shape index (κ3) is 3.55. The minimum absolute atomic E-state index is 0.222. The van der Waals surface area contributed by atoms with Gasteiger partial charge in [0.2, 0.25) is 0 Å². The van der Waals surface area contributed by atoms with Crippen LogP contribution in [-0.2, 0) is 0 Å². The van der Waals surface area contributed by atoms with Crippen molar-refractivity contribution in [1.82, 2.24) is 0 Å². The predicted octanol–water partition coefficient (Wildman–Crippen LogP) is 7.46. The van der Waals surface area contributed by atoms with E-state index in [-0.39, 0.29) is 5.92 Å². The third-order valence-corrected chi connectivity index (χ3v) is 8.93. The average molecular weight is 488 g/mol. The molecule has 0 spiro atoms. The first kappa shape index (κ1) is 20.2. The third-order valence-electron chi connectivity index (χ3n) is 6.63. The molecule has 0 heterocycles. The van der Waals surface area contributed by atoms with Gasteiger partial charge in [0.15, 0.2) is 0 Å². The maximum absolute atomic E-state index is 4.61. The Morgan fingerprint density at radius 1 is 0.636 bits per heavy atom. The number of hydrogen-bond acceptors (Lipinski definition) is 0. The maximum atomic E-state index is 4.61. The zero-order chi connectivity index (χ0) is 22.2. The van der Waals surface area contributed by atoms with Gasteiger partial charge in [-0.05, 0) is 0 Å². The molecule has 0 bridgehead atoms. The van der Waals surface area contributed by atoms with Crippen LogP contribution in [0.4, 0.5) is 0 Å². The molecule has 5 aromatic rings. The Hall–Kier alpha value is -3.38. The topological polar surface area (TPSA) is 0 Å². The fraction of sp³-hybridized carbons (Fsp3) is 0.0625. The van der Waals surface area contributed by atoms with Crippen LogP contribution in [0, 0.1) is 0 Å². The monoisotopic (exact) mass is 488 g/mol. The summed E-state index contributed by atoms with van der Waals surface area (Å²) in [6.07, 6.45) is 0. The first-order chi connectivity index (χ1) is 16.3. The Kier molecular flexibility index (Phi) is 5.23. The molecule has 0 unspecified atom stereocenters. The molecule has 33 heavy (non-hydrogen) atoms. The number of benzene rings is 5. The summed E-state index contributed by atoms with van der Waals surface area (Å²) in [5.74, 6) is 0.222. The molecular formula is C32H24Se. The fourth-order valence-electron chi connectivity index (χ4n) is 5.15. The summed E-state index contributed by atoms with van der Waals surface area (Å²) in [7, 11) is 0. The summed E-state index contributed by atoms with van der Waals surface area (Å²) in [4.78, 5) is 0. The molecule has 1 aliphatic carbocycles. The zero-order valence-corrected chi connectivity index (χ0v) is 20.1. The zero-order valence-electron chi connectivity index (χ0n) is 18.4. The van der Waals surface area contributed by atoms with Crippen LogP contribution in [0.3, 0.4) is 0 Å². The van der Waals surface area contributed by atoms with E-state index in [9.17, 15) is 0 Å². The molecule has 0 atom stereocenters. The second kappa shape index (κ2) is 8.52. The van der Waals surface area contributed by atoms with Gasteiger partial charge < -0.3 is 0 Å². The number of allylic oxidation sites excluding steroid dienone is 1. The van der Waals surface area contributed by atoms with Crippen molar-refractivity contribution in [3.05, 3.63) is 144 Å². The van der Waals surface area contributed by atoms with Crippen LogP contribution in [0.5, 0.6) is 0 Å². The second-order valence-electron chi connectivity index (χ2n) is 8.56. The Bertz CT molecular complexity index is 1430. The van der Waals surface area contributed by atoms with Crippen molar-refractivity contribution in [2.75, 3.05) is 0 Å². The van der Waals surface area contributed by atoms with Gasteiger partial charge in [-0.2, -0.15) is 0 Å². The van der Waals surface area contributed by atoms with Crippen molar-refractivity contribution >= 4 is 35.8 Å². The molecule has 0 aliphatic heterocycles. The van der Waals surface area contributed by atoms with Crippen LogP contribution in [0.25, 0.3) is 27.5 Å². The van der Waals surface area contributed by atoms with Crippen molar-refractivity contribution < 1.29 is 0 Å². The van der Waals surface area contributed by atoms with Gasteiger partial charge in [0, 0.05) is 0 Å². The molecule has 158 valence electrons. The first-order valence-electron chi connectivity index (χ1n) is 11.4. The van der Waals surface area contributed by atoms with E-state index >= 15 is 0 Å². The summed E-state index contributed by atoms with van der Waals surface area (Å²) in [5, 5.41) is 3.64. The quantitative estimate of drug-likeness (QED) is 0.222. The van der Waals surface area contributed by atoms with Crippen molar-refractivity contribution in [3.63, 3.8) is 0 Å². The summed E-state index contributed by atoms with van der Waals surface area (Å²) in [6, 6.07) is 42.0. The van der Waals surface area contributed by atoms with Crippen LogP contribution in [0.15, 0.2) is 122 Å². The molecule has 6 rings (SSSR count). The summed E-state index contributed by atoms with van der Waals surface area (Å²) in [5.41, 5.74) is 9.46. The molecule has 0 radical (unpaired) electrons. The fourth-order valence-corrected chi connectivity index (χ4v) is 6.92. The van der Waals surface area contributed by atoms with E-state index in [4.69, 9.17) is 0 Å². The van der Waals surface area contributed by atoms with Gasteiger partial charge in [-0.3, -0.25) is 0 Å². The number of hydrogen-bond donors (Lipinski definition) is 0. The van der Waals surface area contributed by atoms with E-state index in [1.54, 1.807) is 0 Å². The van der Waals surface area contributed by atoms with Crippen molar-refractivity contribution in [1.29, 1.82) is 0 Å². The van der Waals surface area contributed by atoms with Crippen LogP contribution in [0.2, 0.25) is 5.32 Å². The van der Waals surface area contributed by atoms with Gasteiger partial charge in [-0.1, -0.05) is 0 Å².